The molecule has 3 aliphatic rings. The molecule has 2 heterocycles. The molecule has 2 aromatic carbocycles. The SMILES string of the molecule is O=C(NC(CN1CCCC1)C(O)c1ccc(OC2CC2)c(Cl)c1)C1CCN(c2ccc(Cl)cc2)C1. The number of rotatable bonds is 9. The number of carbonyl (C=O) groups excluding carboxylic acids is 1. The number of nitrogens with one attached hydrogen (secondary N) is 1. The van der Waals surface area contributed by atoms with Gasteiger partial charge in [0.25, 0.3) is 0 Å². The Kier molecular flexibility index (Phi) is 7.73. The fraction of sp³-hybridized carbons (Fsp3) is 0.519. The minimum atomic E-state index is -0.860. The van der Waals surface area contributed by atoms with Gasteiger partial charge in [-0.05, 0) is 87.2 Å². The second-order valence-corrected chi connectivity index (χ2v) is 10.8. The molecule has 2 aliphatic heterocycles. The Bertz CT molecular complexity index is 1020. The van der Waals surface area contributed by atoms with Gasteiger partial charge in [0.2, 0.25) is 5.91 Å². The fourth-order valence-corrected chi connectivity index (χ4v) is 5.38. The smallest absolute Gasteiger partial charge is 0.225 e. The first-order valence-electron chi connectivity index (χ1n) is 12.6. The van der Waals surface area contributed by atoms with Gasteiger partial charge in [-0.25, -0.2) is 0 Å². The summed E-state index contributed by atoms with van der Waals surface area (Å²) in [4.78, 5) is 17.8. The van der Waals surface area contributed by atoms with Crippen LogP contribution in [0.15, 0.2) is 42.5 Å². The highest BCUT2D eigenvalue weighted by molar-refractivity contribution is 6.32. The van der Waals surface area contributed by atoms with Crippen LogP contribution < -0.4 is 15.0 Å². The molecular formula is C27H33Cl2N3O3. The van der Waals surface area contributed by atoms with Crippen molar-refractivity contribution in [3.8, 4) is 5.75 Å². The summed E-state index contributed by atoms with van der Waals surface area (Å²) < 4.78 is 5.84. The molecule has 3 unspecified atom stereocenters. The average molecular weight is 518 g/mol. The molecule has 1 aliphatic carbocycles. The summed E-state index contributed by atoms with van der Waals surface area (Å²) in [7, 11) is 0. The number of carbonyl (C=O) groups is 1. The van der Waals surface area contributed by atoms with Crippen molar-refractivity contribution < 1.29 is 14.6 Å². The Morgan fingerprint density at radius 2 is 1.80 bits per heavy atom. The number of amides is 1. The molecule has 188 valence electrons. The number of benzene rings is 2. The van der Waals surface area contributed by atoms with E-state index in [2.05, 4.69) is 15.1 Å². The summed E-state index contributed by atoms with van der Waals surface area (Å²) in [5.41, 5.74) is 1.76. The molecule has 3 atom stereocenters. The van der Waals surface area contributed by atoms with Gasteiger partial charge in [0, 0.05) is 30.3 Å². The summed E-state index contributed by atoms with van der Waals surface area (Å²) in [6.45, 7) is 4.05. The first-order valence-corrected chi connectivity index (χ1v) is 13.4. The van der Waals surface area contributed by atoms with E-state index in [9.17, 15) is 9.90 Å². The Morgan fingerprint density at radius 3 is 2.49 bits per heavy atom. The third-order valence-electron chi connectivity index (χ3n) is 7.23. The minimum Gasteiger partial charge on any atom is -0.489 e. The first-order chi connectivity index (χ1) is 17.0. The number of hydrogen-bond donors (Lipinski definition) is 2. The van der Waals surface area contributed by atoms with Gasteiger partial charge in [-0.15, -0.1) is 0 Å². The van der Waals surface area contributed by atoms with E-state index in [0.717, 1.165) is 57.4 Å². The van der Waals surface area contributed by atoms with Crippen LogP contribution in [0.5, 0.6) is 5.75 Å². The third kappa shape index (κ3) is 6.23. The topological polar surface area (TPSA) is 65.0 Å². The van der Waals surface area contributed by atoms with Gasteiger partial charge in [0.1, 0.15) is 11.9 Å². The molecule has 35 heavy (non-hydrogen) atoms. The van der Waals surface area contributed by atoms with Crippen LogP contribution in [0, 0.1) is 5.92 Å². The van der Waals surface area contributed by atoms with Crippen LogP contribution in [0.4, 0.5) is 5.69 Å². The zero-order chi connectivity index (χ0) is 24.4. The molecule has 0 bridgehead atoms. The number of nitrogens with zero attached hydrogens (tertiary/aromatic N) is 2. The van der Waals surface area contributed by atoms with Gasteiger partial charge in [0.15, 0.2) is 0 Å². The molecule has 1 amide bonds. The zero-order valence-electron chi connectivity index (χ0n) is 19.8. The highest BCUT2D eigenvalue weighted by Gasteiger charge is 2.33. The maximum Gasteiger partial charge on any atom is 0.225 e. The molecule has 1 saturated carbocycles. The number of ether oxygens (including phenoxy) is 1. The van der Waals surface area contributed by atoms with Gasteiger partial charge < -0.3 is 25.0 Å². The lowest BCUT2D eigenvalue weighted by molar-refractivity contribution is -0.126. The predicted octanol–water partition coefficient (Wildman–Crippen LogP) is 4.68. The van der Waals surface area contributed by atoms with Gasteiger partial charge >= 0.3 is 0 Å². The summed E-state index contributed by atoms with van der Waals surface area (Å²) >= 11 is 12.5. The fourth-order valence-electron chi connectivity index (χ4n) is 5.02. The van der Waals surface area contributed by atoms with Crippen LogP contribution in [0.2, 0.25) is 10.0 Å². The highest BCUT2D eigenvalue weighted by atomic mass is 35.5. The molecule has 6 nitrogen and oxygen atoms in total. The van der Waals surface area contributed by atoms with E-state index in [-0.39, 0.29) is 17.9 Å². The average Bonchev–Trinajstić information content (AvgIpc) is 3.30. The van der Waals surface area contributed by atoms with Crippen molar-refractivity contribution in [2.75, 3.05) is 37.6 Å². The number of aliphatic hydroxyl groups excluding tert-OH is 1. The van der Waals surface area contributed by atoms with Crippen molar-refractivity contribution >= 4 is 34.8 Å². The van der Waals surface area contributed by atoms with Crippen molar-refractivity contribution in [1.82, 2.24) is 10.2 Å². The molecule has 0 radical (unpaired) electrons. The van der Waals surface area contributed by atoms with Gasteiger partial charge in [-0.3, -0.25) is 4.79 Å². The lowest BCUT2D eigenvalue weighted by Gasteiger charge is -2.30. The van der Waals surface area contributed by atoms with Crippen LogP contribution in [-0.4, -0.2) is 60.8 Å². The van der Waals surface area contributed by atoms with Crippen molar-refractivity contribution in [3.63, 3.8) is 0 Å². The van der Waals surface area contributed by atoms with E-state index in [0.29, 0.717) is 34.4 Å². The maximum absolute atomic E-state index is 13.3. The molecule has 5 rings (SSSR count). The lowest BCUT2D eigenvalue weighted by atomic mass is 10.00. The first kappa shape index (κ1) is 24.7. The number of anilines is 1. The van der Waals surface area contributed by atoms with Crippen LogP contribution in [-0.2, 0) is 4.79 Å². The summed E-state index contributed by atoms with van der Waals surface area (Å²) in [6.07, 6.45) is 4.58. The molecule has 0 aromatic heterocycles. The second-order valence-electron chi connectivity index (χ2n) is 9.98. The normalized spacial score (nSPS) is 22.3. The Labute approximate surface area is 217 Å². The van der Waals surface area contributed by atoms with Crippen LogP contribution >= 0.6 is 23.2 Å². The van der Waals surface area contributed by atoms with Crippen LogP contribution in [0.3, 0.4) is 0 Å². The monoisotopic (exact) mass is 517 g/mol. The largest absolute Gasteiger partial charge is 0.489 e. The minimum absolute atomic E-state index is 0.00973. The molecular weight excluding hydrogens is 485 g/mol. The second kappa shape index (κ2) is 11.0. The number of halogens is 2. The maximum atomic E-state index is 13.3. The van der Waals surface area contributed by atoms with Crippen molar-refractivity contribution in [3.05, 3.63) is 58.1 Å². The molecule has 2 saturated heterocycles. The Balaban J connectivity index is 1.26. The van der Waals surface area contributed by atoms with Gasteiger partial charge in [0.05, 0.1) is 23.1 Å². The van der Waals surface area contributed by atoms with E-state index >= 15 is 0 Å². The summed E-state index contributed by atoms with van der Waals surface area (Å²) in [5, 5.41) is 15.7. The lowest BCUT2D eigenvalue weighted by Crippen LogP contribution is -2.48. The highest BCUT2D eigenvalue weighted by Crippen LogP contribution is 2.34. The van der Waals surface area contributed by atoms with E-state index in [1.807, 2.05) is 36.4 Å². The van der Waals surface area contributed by atoms with E-state index in [1.54, 1.807) is 6.07 Å². The van der Waals surface area contributed by atoms with Gasteiger partial charge in [-0.1, -0.05) is 29.3 Å². The predicted molar refractivity (Wildman–Crippen MR) is 139 cm³/mol. The Hall–Kier alpha value is -1.99. The van der Waals surface area contributed by atoms with Crippen LogP contribution in [0.25, 0.3) is 0 Å². The standard InChI is InChI=1S/C27H33Cl2N3O3/c28-20-4-6-21(7-5-20)32-14-11-19(16-32)27(34)30-24(17-31-12-1-2-13-31)26(33)18-3-10-25(23(29)15-18)35-22-8-9-22/h3-7,10,15,19,22,24,26,33H,1-2,8-9,11-14,16-17H2,(H,30,34). The zero-order valence-corrected chi connectivity index (χ0v) is 21.3. The Morgan fingerprint density at radius 1 is 1.06 bits per heavy atom. The summed E-state index contributed by atoms with van der Waals surface area (Å²) in [5.74, 6) is 0.514. The van der Waals surface area contributed by atoms with E-state index in [4.69, 9.17) is 27.9 Å². The number of aliphatic hydroxyl groups is 1. The van der Waals surface area contributed by atoms with E-state index in [1.165, 1.54) is 0 Å². The molecule has 2 N–H and O–H groups in total. The van der Waals surface area contributed by atoms with E-state index < -0.39 is 12.1 Å². The van der Waals surface area contributed by atoms with Crippen molar-refractivity contribution in [2.24, 2.45) is 5.92 Å². The molecule has 8 heteroatoms. The summed E-state index contributed by atoms with van der Waals surface area (Å²) in [6, 6.07) is 12.8. The number of hydrogen-bond acceptors (Lipinski definition) is 5. The van der Waals surface area contributed by atoms with Crippen LogP contribution in [0.1, 0.15) is 43.8 Å². The molecule has 3 fully saturated rings. The number of likely N-dealkylation sites (tertiary alicyclic amines) is 1. The van der Waals surface area contributed by atoms with Crippen molar-refractivity contribution in [1.29, 1.82) is 0 Å². The molecule has 0 spiro atoms. The third-order valence-corrected chi connectivity index (χ3v) is 7.78. The molecule has 2 aromatic rings. The van der Waals surface area contributed by atoms with Crippen molar-refractivity contribution in [2.45, 2.75) is 50.4 Å². The quantitative estimate of drug-likeness (QED) is 0.505. The van der Waals surface area contributed by atoms with Gasteiger partial charge in [-0.2, -0.15) is 0 Å².